The van der Waals surface area contributed by atoms with Crippen molar-refractivity contribution in [3.05, 3.63) is 10.6 Å². The largest absolute Gasteiger partial charge is 0.465 e. The molecule has 0 bridgehead atoms. The first-order chi connectivity index (χ1) is 8.15. The van der Waals surface area contributed by atoms with Crippen molar-refractivity contribution in [3.8, 4) is 0 Å². The predicted octanol–water partition coefficient (Wildman–Crippen LogP) is 1.46. The smallest absolute Gasteiger partial charge is 0.350 e. The van der Waals surface area contributed by atoms with Crippen LogP contribution in [-0.2, 0) is 9.47 Å². The molecule has 1 atom stereocenters. The molecule has 1 aromatic heterocycles. The molecule has 1 saturated heterocycles. The molecule has 17 heavy (non-hydrogen) atoms. The molecule has 94 valence electrons. The molecule has 6 heteroatoms. The van der Waals surface area contributed by atoms with Gasteiger partial charge in [0.2, 0.25) is 0 Å². The third kappa shape index (κ3) is 2.42. The van der Waals surface area contributed by atoms with Crippen LogP contribution in [0.15, 0.2) is 0 Å². The number of carbonyl (C=O) groups is 1. The van der Waals surface area contributed by atoms with Crippen molar-refractivity contribution < 1.29 is 14.3 Å². The predicted molar refractivity (Wildman–Crippen MR) is 65.8 cm³/mol. The lowest BCUT2D eigenvalue weighted by atomic mass is 10.3. The van der Waals surface area contributed by atoms with Gasteiger partial charge in [-0.25, -0.2) is 9.78 Å². The molecule has 0 saturated carbocycles. The number of ether oxygens (including phenoxy) is 2. The van der Waals surface area contributed by atoms with Gasteiger partial charge in [-0.2, -0.15) is 0 Å². The van der Waals surface area contributed by atoms with E-state index in [4.69, 9.17) is 9.47 Å². The van der Waals surface area contributed by atoms with Crippen molar-refractivity contribution in [1.29, 1.82) is 0 Å². The highest BCUT2D eigenvalue weighted by atomic mass is 32.1. The lowest BCUT2D eigenvalue weighted by Crippen LogP contribution is -2.21. The molecule has 1 aliphatic rings. The Morgan fingerprint density at radius 3 is 2.88 bits per heavy atom. The molecule has 1 aromatic rings. The number of carbonyl (C=O) groups excluding carboxylic acids is 1. The van der Waals surface area contributed by atoms with Crippen LogP contribution in [0.4, 0.5) is 5.13 Å². The quantitative estimate of drug-likeness (QED) is 0.766. The number of nitrogens with zero attached hydrogens (tertiary/aromatic N) is 2. The fraction of sp³-hybridized carbons (Fsp3) is 0.636. The van der Waals surface area contributed by atoms with Gasteiger partial charge < -0.3 is 14.4 Å². The van der Waals surface area contributed by atoms with Crippen molar-refractivity contribution in [3.63, 3.8) is 0 Å². The molecule has 5 nitrogen and oxygen atoms in total. The van der Waals surface area contributed by atoms with Crippen LogP contribution in [0, 0.1) is 6.92 Å². The molecular weight excluding hydrogens is 240 g/mol. The van der Waals surface area contributed by atoms with Gasteiger partial charge in [-0.3, -0.25) is 0 Å². The summed E-state index contributed by atoms with van der Waals surface area (Å²) in [7, 11) is 3.11. The van der Waals surface area contributed by atoms with Gasteiger partial charge in [0.1, 0.15) is 4.88 Å². The first-order valence-corrected chi connectivity index (χ1v) is 6.30. The van der Waals surface area contributed by atoms with Crippen LogP contribution in [0.3, 0.4) is 0 Å². The van der Waals surface area contributed by atoms with Crippen LogP contribution in [0.5, 0.6) is 0 Å². The molecule has 2 rings (SSSR count). The molecule has 2 heterocycles. The van der Waals surface area contributed by atoms with E-state index in [2.05, 4.69) is 9.88 Å². The summed E-state index contributed by atoms with van der Waals surface area (Å²) in [6.45, 7) is 3.59. The van der Waals surface area contributed by atoms with E-state index in [0.717, 1.165) is 30.3 Å². The van der Waals surface area contributed by atoms with Crippen LogP contribution in [0.1, 0.15) is 21.8 Å². The number of aryl methyl sites for hydroxylation is 1. The molecule has 1 fully saturated rings. The Morgan fingerprint density at radius 2 is 2.29 bits per heavy atom. The average molecular weight is 256 g/mol. The maximum absolute atomic E-state index is 11.5. The summed E-state index contributed by atoms with van der Waals surface area (Å²) in [6, 6.07) is 0. The number of hydrogen-bond acceptors (Lipinski definition) is 6. The molecule has 0 aliphatic carbocycles. The van der Waals surface area contributed by atoms with Gasteiger partial charge in [0.25, 0.3) is 0 Å². The summed E-state index contributed by atoms with van der Waals surface area (Å²) in [5, 5.41) is 0.877. The van der Waals surface area contributed by atoms with Gasteiger partial charge in [-0.1, -0.05) is 11.3 Å². The van der Waals surface area contributed by atoms with E-state index in [9.17, 15) is 4.79 Å². The van der Waals surface area contributed by atoms with E-state index >= 15 is 0 Å². The Bertz CT molecular complexity index is 419. The molecule has 0 spiro atoms. The summed E-state index contributed by atoms with van der Waals surface area (Å²) in [5.74, 6) is -0.311. The summed E-state index contributed by atoms with van der Waals surface area (Å²) in [6.07, 6.45) is 1.27. The normalized spacial score (nSPS) is 19.7. The molecular formula is C11H16N2O3S. The number of hydrogen-bond donors (Lipinski definition) is 0. The first kappa shape index (κ1) is 12.3. The molecule has 1 aliphatic heterocycles. The maximum atomic E-state index is 11.5. The Morgan fingerprint density at radius 1 is 1.53 bits per heavy atom. The number of methoxy groups -OCH3 is 2. The van der Waals surface area contributed by atoms with E-state index in [1.807, 2.05) is 6.92 Å². The SMILES string of the molecule is COC(=O)c1sc(N2CCC(OC)C2)nc1C. The molecule has 0 radical (unpaired) electrons. The standard InChI is InChI=1S/C11H16N2O3S/c1-7-9(10(14)16-3)17-11(12-7)13-5-4-8(6-13)15-2/h8H,4-6H2,1-3H3. The number of rotatable bonds is 3. The van der Waals surface area contributed by atoms with Crippen molar-refractivity contribution in [2.75, 3.05) is 32.2 Å². The van der Waals surface area contributed by atoms with Crippen molar-refractivity contribution >= 4 is 22.4 Å². The topological polar surface area (TPSA) is 51.7 Å². The number of anilines is 1. The fourth-order valence-corrected chi connectivity index (χ4v) is 2.91. The fourth-order valence-electron chi connectivity index (χ4n) is 1.89. The highest BCUT2D eigenvalue weighted by Gasteiger charge is 2.26. The summed E-state index contributed by atoms with van der Waals surface area (Å²) in [5.41, 5.74) is 0.734. The minimum absolute atomic E-state index is 0.265. The average Bonchev–Trinajstić information content (AvgIpc) is 2.94. The van der Waals surface area contributed by atoms with Crippen molar-refractivity contribution in [2.45, 2.75) is 19.4 Å². The summed E-state index contributed by atoms with van der Waals surface area (Å²) < 4.78 is 10.0. The Balaban J connectivity index is 2.15. The first-order valence-electron chi connectivity index (χ1n) is 5.49. The Hall–Kier alpha value is -1.14. The third-order valence-corrected chi connectivity index (χ3v) is 4.10. The van der Waals surface area contributed by atoms with Crippen molar-refractivity contribution in [2.24, 2.45) is 0 Å². The van der Waals surface area contributed by atoms with E-state index in [-0.39, 0.29) is 12.1 Å². The second-order valence-electron chi connectivity index (χ2n) is 3.99. The van der Waals surface area contributed by atoms with E-state index < -0.39 is 0 Å². The maximum Gasteiger partial charge on any atom is 0.350 e. The summed E-state index contributed by atoms with van der Waals surface area (Å²) >= 11 is 1.39. The van der Waals surface area contributed by atoms with Crippen LogP contribution in [0.25, 0.3) is 0 Å². The minimum atomic E-state index is -0.311. The van der Waals surface area contributed by atoms with E-state index in [0.29, 0.717) is 4.88 Å². The highest BCUT2D eigenvalue weighted by Crippen LogP contribution is 2.29. The third-order valence-electron chi connectivity index (χ3n) is 2.90. The highest BCUT2D eigenvalue weighted by molar-refractivity contribution is 7.17. The van der Waals surface area contributed by atoms with Gasteiger partial charge in [-0.05, 0) is 13.3 Å². The van der Waals surface area contributed by atoms with Crippen LogP contribution >= 0.6 is 11.3 Å². The van der Waals surface area contributed by atoms with Gasteiger partial charge in [0, 0.05) is 20.2 Å². The van der Waals surface area contributed by atoms with Crippen molar-refractivity contribution in [1.82, 2.24) is 4.98 Å². The van der Waals surface area contributed by atoms with Gasteiger partial charge in [-0.15, -0.1) is 0 Å². The Kier molecular flexibility index (Phi) is 3.63. The van der Waals surface area contributed by atoms with Gasteiger partial charge in [0.15, 0.2) is 5.13 Å². The molecule has 0 aromatic carbocycles. The second-order valence-corrected chi connectivity index (χ2v) is 4.97. The van der Waals surface area contributed by atoms with Crippen LogP contribution in [0.2, 0.25) is 0 Å². The monoisotopic (exact) mass is 256 g/mol. The number of thiazole rings is 1. The lowest BCUT2D eigenvalue weighted by molar-refractivity contribution is 0.0605. The van der Waals surface area contributed by atoms with Crippen LogP contribution < -0.4 is 4.90 Å². The zero-order valence-corrected chi connectivity index (χ0v) is 11.0. The zero-order valence-electron chi connectivity index (χ0n) is 10.2. The molecule has 0 amide bonds. The Labute approximate surface area is 104 Å². The number of aromatic nitrogens is 1. The second kappa shape index (κ2) is 5.01. The molecule has 1 unspecified atom stereocenters. The van der Waals surface area contributed by atoms with E-state index in [1.54, 1.807) is 7.11 Å². The molecule has 0 N–H and O–H groups in total. The zero-order chi connectivity index (χ0) is 12.4. The van der Waals surface area contributed by atoms with Crippen LogP contribution in [-0.4, -0.2) is 44.4 Å². The number of esters is 1. The van der Waals surface area contributed by atoms with Gasteiger partial charge in [0.05, 0.1) is 18.9 Å². The van der Waals surface area contributed by atoms with Gasteiger partial charge >= 0.3 is 5.97 Å². The minimum Gasteiger partial charge on any atom is -0.465 e. The lowest BCUT2D eigenvalue weighted by Gasteiger charge is -2.13. The summed E-state index contributed by atoms with van der Waals surface area (Å²) in [4.78, 5) is 18.6. The van der Waals surface area contributed by atoms with E-state index in [1.165, 1.54) is 18.4 Å².